The van der Waals surface area contributed by atoms with Crippen molar-refractivity contribution in [3.05, 3.63) is 69.2 Å². The highest BCUT2D eigenvalue weighted by molar-refractivity contribution is 6.32. The van der Waals surface area contributed by atoms with Gasteiger partial charge in [0.25, 0.3) is 0 Å². The molecule has 0 unspecified atom stereocenters. The Kier molecular flexibility index (Phi) is 5.96. The first kappa shape index (κ1) is 21.6. The maximum Gasteiger partial charge on any atom is 0.338 e. The summed E-state index contributed by atoms with van der Waals surface area (Å²) in [5.41, 5.74) is 6.85. The standard InChI is InChI=1S/C26H31ClO2/c1-7-29-24(28)19-10-8-18(9-11-19)14-17(2)20-15-21-22(16-23(20)27)26(5,6)13-12-25(21,3)4/h8-11,14-16H,7,12-13H2,1-6H3. The molecule has 0 atom stereocenters. The first-order valence-corrected chi connectivity index (χ1v) is 10.7. The second-order valence-electron chi connectivity index (χ2n) is 9.32. The molecule has 0 aliphatic heterocycles. The summed E-state index contributed by atoms with van der Waals surface area (Å²) in [6, 6.07) is 11.9. The van der Waals surface area contributed by atoms with E-state index in [0.29, 0.717) is 12.2 Å². The average Bonchev–Trinajstić information content (AvgIpc) is 2.66. The molecule has 0 aromatic heterocycles. The van der Waals surface area contributed by atoms with Gasteiger partial charge in [0, 0.05) is 5.02 Å². The molecule has 0 amide bonds. The van der Waals surface area contributed by atoms with Crippen LogP contribution in [0.1, 0.15) is 87.0 Å². The van der Waals surface area contributed by atoms with Crippen molar-refractivity contribution in [3.8, 4) is 0 Å². The van der Waals surface area contributed by atoms with E-state index in [-0.39, 0.29) is 16.8 Å². The van der Waals surface area contributed by atoms with Crippen molar-refractivity contribution in [1.29, 1.82) is 0 Å². The number of ether oxygens (including phenoxy) is 1. The lowest BCUT2D eigenvalue weighted by Gasteiger charge is -2.42. The predicted molar refractivity (Wildman–Crippen MR) is 123 cm³/mol. The van der Waals surface area contributed by atoms with Crippen LogP contribution in [0.25, 0.3) is 11.6 Å². The van der Waals surface area contributed by atoms with Gasteiger partial charge in [0.2, 0.25) is 0 Å². The van der Waals surface area contributed by atoms with Crippen LogP contribution in [-0.2, 0) is 15.6 Å². The highest BCUT2D eigenvalue weighted by Gasteiger charge is 2.37. The number of allylic oxidation sites excluding steroid dienone is 1. The fourth-order valence-electron chi connectivity index (χ4n) is 4.15. The van der Waals surface area contributed by atoms with Crippen LogP contribution >= 0.6 is 11.6 Å². The van der Waals surface area contributed by atoms with Gasteiger partial charge >= 0.3 is 5.97 Å². The lowest BCUT2D eigenvalue weighted by Crippen LogP contribution is -2.34. The van der Waals surface area contributed by atoms with Crippen molar-refractivity contribution in [2.24, 2.45) is 0 Å². The summed E-state index contributed by atoms with van der Waals surface area (Å²) in [6.07, 6.45) is 4.46. The number of fused-ring (bicyclic) bond motifs is 1. The molecule has 0 radical (unpaired) electrons. The number of hydrogen-bond acceptors (Lipinski definition) is 2. The molecule has 2 nitrogen and oxygen atoms in total. The first-order chi connectivity index (χ1) is 13.5. The Hall–Kier alpha value is -2.06. The van der Waals surface area contributed by atoms with E-state index in [1.807, 2.05) is 19.1 Å². The summed E-state index contributed by atoms with van der Waals surface area (Å²) in [5, 5.41) is 0.798. The van der Waals surface area contributed by atoms with E-state index >= 15 is 0 Å². The average molecular weight is 411 g/mol. The van der Waals surface area contributed by atoms with E-state index in [1.165, 1.54) is 24.0 Å². The second-order valence-corrected chi connectivity index (χ2v) is 9.72. The zero-order valence-corrected chi connectivity index (χ0v) is 19.1. The molecule has 1 aliphatic rings. The van der Waals surface area contributed by atoms with Gasteiger partial charge in [0.05, 0.1) is 12.2 Å². The Morgan fingerprint density at radius 3 is 2.14 bits per heavy atom. The summed E-state index contributed by atoms with van der Waals surface area (Å²) in [6.45, 7) is 13.5. The van der Waals surface area contributed by atoms with Crippen LogP contribution in [0.15, 0.2) is 36.4 Å². The molecule has 2 aromatic rings. The summed E-state index contributed by atoms with van der Waals surface area (Å²) < 4.78 is 5.05. The van der Waals surface area contributed by atoms with Crippen LogP contribution in [0.3, 0.4) is 0 Å². The maximum atomic E-state index is 11.8. The Bertz CT molecular complexity index is 949. The van der Waals surface area contributed by atoms with Crippen LogP contribution < -0.4 is 0 Å². The molecule has 0 N–H and O–H groups in total. The van der Waals surface area contributed by atoms with Gasteiger partial charge in [-0.25, -0.2) is 4.79 Å². The van der Waals surface area contributed by atoms with Crippen molar-refractivity contribution >= 4 is 29.2 Å². The Morgan fingerprint density at radius 1 is 1.03 bits per heavy atom. The number of esters is 1. The van der Waals surface area contributed by atoms with Crippen molar-refractivity contribution in [3.63, 3.8) is 0 Å². The number of rotatable bonds is 4. The van der Waals surface area contributed by atoms with Gasteiger partial charge in [0.1, 0.15) is 0 Å². The third-order valence-electron chi connectivity index (χ3n) is 6.17. The number of carbonyl (C=O) groups excluding carboxylic acids is 1. The topological polar surface area (TPSA) is 26.3 Å². The van der Waals surface area contributed by atoms with Crippen molar-refractivity contribution in [2.75, 3.05) is 6.61 Å². The predicted octanol–water partition coefficient (Wildman–Crippen LogP) is 7.43. The van der Waals surface area contributed by atoms with E-state index in [9.17, 15) is 4.79 Å². The van der Waals surface area contributed by atoms with E-state index in [1.54, 1.807) is 12.1 Å². The minimum absolute atomic E-state index is 0.145. The van der Waals surface area contributed by atoms with Crippen LogP contribution in [0.4, 0.5) is 0 Å². The maximum absolute atomic E-state index is 11.8. The third-order valence-corrected chi connectivity index (χ3v) is 6.48. The van der Waals surface area contributed by atoms with Crippen molar-refractivity contribution < 1.29 is 9.53 Å². The molecular formula is C26H31ClO2. The zero-order chi connectivity index (χ0) is 21.4. The molecule has 0 saturated carbocycles. The van der Waals surface area contributed by atoms with Gasteiger partial charge in [-0.3, -0.25) is 0 Å². The molecule has 3 heteroatoms. The van der Waals surface area contributed by atoms with Crippen molar-refractivity contribution in [2.45, 2.75) is 65.2 Å². The lowest BCUT2D eigenvalue weighted by molar-refractivity contribution is 0.0526. The fraction of sp³-hybridized carbons (Fsp3) is 0.423. The van der Waals surface area contributed by atoms with Gasteiger partial charge in [-0.05, 0) is 89.6 Å². The van der Waals surface area contributed by atoms with Crippen LogP contribution in [-0.4, -0.2) is 12.6 Å². The minimum atomic E-state index is -0.290. The molecule has 0 saturated heterocycles. The molecule has 0 spiro atoms. The molecular weight excluding hydrogens is 380 g/mol. The normalized spacial score (nSPS) is 17.6. The molecule has 0 bridgehead atoms. The number of benzene rings is 2. The smallest absolute Gasteiger partial charge is 0.338 e. The van der Waals surface area contributed by atoms with Crippen molar-refractivity contribution in [1.82, 2.24) is 0 Å². The quantitative estimate of drug-likeness (QED) is 0.387. The Balaban J connectivity index is 1.97. The molecule has 29 heavy (non-hydrogen) atoms. The Morgan fingerprint density at radius 2 is 1.59 bits per heavy atom. The highest BCUT2D eigenvalue weighted by Crippen LogP contribution is 2.47. The monoisotopic (exact) mass is 410 g/mol. The molecule has 2 aromatic carbocycles. The van der Waals surface area contributed by atoms with Gasteiger partial charge in [-0.1, -0.05) is 57.5 Å². The molecule has 0 fully saturated rings. The minimum Gasteiger partial charge on any atom is -0.462 e. The summed E-state index contributed by atoms with van der Waals surface area (Å²) in [7, 11) is 0. The Labute approximate surface area is 179 Å². The van der Waals surface area contributed by atoms with Crippen LogP contribution in [0, 0.1) is 0 Å². The number of carbonyl (C=O) groups is 1. The van der Waals surface area contributed by atoms with E-state index < -0.39 is 0 Å². The van der Waals surface area contributed by atoms with E-state index in [2.05, 4.69) is 52.8 Å². The lowest BCUT2D eigenvalue weighted by atomic mass is 9.63. The molecule has 0 heterocycles. The first-order valence-electron chi connectivity index (χ1n) is 10.4. The van der Waals surface area contributed by atoms with Gasteiger partial charge in [0.15, 0.2) is 0 Å². The highest BCUT2D eigenvalue weighted by atomic mass is 35.5. The van der Waals surface area contributed by atoms with E-state index in [4.69, 9.17) is 16.3 Å². The zero-order valence-electron chi connectivity index (χ0n) is 18.4. The van der Waals surface area contributed by atoms with Gasteiger partial charge in [-0.15, -0.1) is 0 Å². The summed E-state index contributed by atoms with van der Waals surface area (Å²) in [4.78, 5) is 11.8. The summed E-state index contributed by atoms with van der Waals surface area (Å²) in [5.74, 6) is -0.290. The van der Waals surface area contributed by atoms with Gasteiger partial charge < -0.3 is 4.74 Å². The third kappa shape index (κ3) is 4.43. The van der Waals surface area contributed by atoms with Crippen LogP contribution in [0.2, 0.25) is 5.02 Å². The number of halogens is 1. The van der Waals surface area contributed by atoms with E-state index in [0.717, 1.165) is 21.7 Å². The molecule has 154 valence electrons. The fourth-order valence-corrected chi connectivity index (χ4v) is 4.46. The second kappa shape index (κ2) is 7.99. The largest absolute Gasteiger partial charge is 0.462 e. The van der Waals surface area contributed by atoms with Gasteiger partial charge in [-0.2, -0.15) is 0 Å². The number of hydrogen-bond donors (Lipinski definition) is 0. The molecule has 3 rings (SSSR count). The molecule has 1 aliphatic carbocycles. The summed E-state index contributed by atoms with van der Waals surface area (Å²) >= 11 is 6.74. The van der Waals surface area contributed by atoms with Crippen LogP contribution in [0.5, 0.6) is 0 Å². The SMILES string of the molecule is CCOC(=O)c1ccc(C=C(C)c2cc3c(cc2Cl)C(C)(C)CCC3(C)C)cc1.